The summed E-state index contributed by atoms with van der Waals surface area (Å²) in [5.41, 5.74) is 5.95. The predicted molar refractivity (Wildman–Crippen MR) is 73.3 cm³/mol. The largest absolute Gasteiger partial charge is 0.382 e. The molecule has 0 fully saturated rings. The minimum atomic E-state index is 0.591. The van der Waals surface area contributed by atoms with E-state index in [0.717, 1.165) is 31.3 Å². The molecular formula is C12H25N5. The van der Waals surface area contributed by atoms with E-state index in [4.69, 9.17) is 5.73 Å². The van der Waals surface area contributed by atoms with Gasteiger partial charge in [0.1, 0.15) is 11.6 Å². The molecule has 0 bridgehead atoms. The normalized spacial score (nSPS) is 11.5. The lowest BCUT2D eigenvalue weighted by Crippen LogP contribution is -2.35. The second kappa shape index (κ2) is 5.91. The lowest BCUT2D eigenvalue weighted by Gasteiger charge is -2.26. The third-order valence-corrected chi connectivity index (χ3v) is 2.53. The number of aromatic nitrogens is 2. The lowest BCUT2D eigenvalue weighted by molar-refractivity contribution is 0.408. The van der Waals surface area contributed by atoms with Gasteiger partial charge in [-0.3, -0.25) is 0 Å². The molecular weight excluding hydrogens is 214 g/mol. The first-order chi connectivity index (χ1) is 7.90. The molecule has 17 heavy (non-hydrogen) atoms. The molecule has 98 valence electrons. The van der Waals surface area contributed by atoms with Crippen molar-refractivity contribution in [2.75, 3.05) is 44.4 Å². The molecule has 0 atom stereocenters. The maximum absolute atomic E-state index is 5.95. The molecule has 3 N–H and O–H groups in total. The smallest absolute Gasteiger partial charge is 0.171 e. The van der Waals surface area contributed by atoms with Crippen LogP contribution in [0.4, 0.5) is 11.6 Å². The van der Waals surface area contributed by atoms with E-state index in [2.05, 4.69) is 47.7 Å². The quantitative estimate of drug-likeness (QED) is 0.786. The Morgan fingerprint density at radius 1 is 1.29 bits per heavy atom. The van der Waals surface area contributed by atoms with Crippen molar-refractivity contribution in [1.29, 1.82) is 0 Å². The molecule has 0 aliphatic rings. The number of H-pyrrole nitrogens is 1. The van der Waals surface area contributed by atoms with Crippen molar-refractivity contribution in [2.45, 2.75) is 20.8 Å². The van der Waals surface area contributed by atoms with Gasteiger partial charge >= 0.3 is 0 Å². The monoisotopic (exact) mass is 239 g/mol. The Balaban J connectivity index is 2.78. The van der Waals surface area contributed by atoms with Gasteiger partial charge in [0.2, 0.25) is 0 Å². The zero-order valence-corrected chi connectivity index (χ0v) is 11.6. The topological polar surface area (TPSA) is 61.2 Å². The third-order valence-electron chi connectivity index (χ3n) is 2.53. The van der Waals surface area contributed by atoms with Crippen molar-refractivity contribution in [1.82, 2.24) is 14.9 Å². The van der Waals surface area contributed by atoms with Gasteiger partial charge in [0.15, 0.2) is 5.82 Å². The number of rotatable bonds is 6. The number of nitrogens with one attached hydrogen (secondary N) is 1. The molecule has 5 nitrogen and oxygen atoms in total. The van der Waals surface area contributed by atoms with Crippen LogP contribution < -0.4 is 10.6 Å². The van der Waals surface area contributed by atoms with Gasteiger partial charge in [-0.2, -0.15) is 0 Å². The summed E-state index contributed by atoms with van der Waals surface area (Å²) < 4.78 is 0. The van der Waals surface area contributed by atoms with Crippen molar-refractivity contribution in [3.8, 4) is 0 Å². The maximum Gasteiger partial charge on any atom is 0.171 e. The van der Waals surface area contributed by atoms with Crippen LogP contribution in [0.3, 0.4) is 0 Å². The highest BCUT2D eigenvalue weighted by molar-refractivity contribution is 5.59. The van der Waals surface area contributed by atoms with Gasteiger partial charge in [-0.1, -0.05) is 13.8 Å². The highest BCUT2D eigenvalue weighted by atomic mass is 15.3. The van der Waals surface area contributed by atoms with E-state index in [0.29, 0.717) is 11.7 Å². The number of aryl methyl sites for hydroxylation is 1. The average molecular weight is 239 g/mol. The number of nitrogens with two attached hydrogens (primary N) is 1. The maximum atomic E-state index is 5.95. The SMILES string of the molecule is Cc1nc(N(CCN(C)C)CC(C)C)c(N)[nH]1. The minimum Gasteiger partial charge on any atom is -0.382 e. The van der Waals surface area contributed by atoms with Gasteiger partial charge in [0.05, 0.1) is 0 Å². The first kappa shape index (κ1) is 13.8. The summed E-state index contributed by atoms with van der Waals surface area (Å²) in [4.78, 5) is 12.0. The van der Waals surface area contributed by atoms with Crippen LogP contribution in [0.1, 0.15) is 19.7 Å². The molecule has 1 heterocycles. The van der Waals surface area contributed by atoms with Crippen LogP contribution in [-0.4, -0.2) is 48.6 Å². The van der Waals surface area contributed by atoms with Crippen LogP contribution in [-0.2, 0) is 0 Å². The van der Waals surface area contributed by atoms with E-state index in [1.54, 1.807) is 0 Å². The van der Waals surface area contributed by atoms with E-state index in [1.807, 2.05) is 6.92 Å². The van der Waals surface area contributed by atoms with E-state index in [9.17, 15) is 0 Å². The van der Waals surface area contributed by atoms with Crippen LogP contribution in [0.5, 0.6) is 0 Å². The Labute approximate surface area is 104 Å². The number of nitrogen functional groups attached to an aromatic ring is 1. The van der Waals surface area contributed by atoms with Crippen LogP contribution in [0.2, 0.25) is 0 Å². The van der Waals surface area contributed by atoms with E-state index in [-0.39, 0.29) is 0 Å². The van der Waals surface area contributed by atoms with Gasteiger partial charge in [-0.05, 0) is 26.9 Å². The summed E-state index contributed by atoms with van der Waals surface area (Å²) in [5, 5.41) is 0. The minimum absolute atomic E-state index is 0.591. The number of aromatic amines is 1. The molecule has 5 heteroatoms. The Bertz CT molecular complexity index is 343. The zero-order chi connectivity index (χ0) is 13.0. The van der Waals surface area contributed by atoms with Gasteiger partial charge in [0, 0.05) is 19.6 Å². The number of imidazole rings is 1. The van der Waals surface area contributed by atoms with Crippen LogP contribution >= 0.6 is 0 Å². The van der Waals surface area contributed by atoms with Crippen LogP contribution in [0, 0.1) is 12.8 Å². The standard InChI is InChI=1S/C12H25N5/c1-9(2)8-17(7-6-16(4)5)12-11(13)14-10(3)15-12/h9H,6-8,13H2,1-5H3,(H,14,15). The fraction of sp³-hybridized carbons (Fsp3) is 0.750. The molecule has 1 rings (SSSR count). The Kier molecular flexibility index (Phi) is 4.81. The summed E-state index contributed by atoms with van der Waals surface area (Å²) in [7, 11) is 4.15. The Hall–Kier alpha value is -1.23. The van der Waals surface area contributed by atoms with Crippen molar-refractivity contribution in [2.24, 2.45) is 5.92 Å². The molecule has 0 aliphatic carbocycles. The Morgan fingerprint density at radius 3 is 2.35 bits per heavy atom. The second-order valence-electron chi connectivity index (χ2n) is 5.20. The molecule has 0 amide bonds. The number of nitrogens with zero attached hydrogens (tertiary/aromatic N) is 3. The van der Waals surface area contributed by atoms with Crippen molar-refractivity contribution in [3.05, 3.63) is 5.82 Å². The summed E-state index contributed by atoms with van der Waals surface area (Å²) in [5.74, 6) is 3.02. The zero-order valence-electron chi connectivity index (χ0n) is 11.6. The van der Waals surface area contributed by atoms with Crippen LogP contribution in [0.25, 0.3) is 0 Å². The first-order valence-electron chi connectivity index (χ1n) is 6.12. The third kappa shape index (κ3) is 4.26. The van der Waals surface area contributed by atoms with Crippen LogP contribution in [0.15, 0.2) is 0 Å². The number of anilines is 2. The molecule has 0 spiro atoms. The van der Waals surface area contributed by atoms with Gasteiger partial charge in [-0.25, -0.2) is 4.98 Å². The highest BCUT2D eigenvalue weighted by Gasteiger charge is 2.15. The molecule has 0 unspecified atom stereocenters. The van der Waals surface area contributed by atoms with Crippen molar-refractivity contribution >= 4 is 11.6 Å². The summed E-state index contributed by atoms with van der Waals surface area (Å²) in [6.45, 7) is 9.26. The fourth-order valence-corrected chi connectivity index (χ4v) is 1.78. The number of likely N-dealkylation sites (N-methyl/N-ethyl adjacent to an activating group) is 1. The van der Waals surface area contributed by atoms with Gasteiger partial charge < -0.3 is 20.5 Å². The molecule has 1 aromatic heterocycles. The predicted octanol–water partition coefficient (Wildman–Crippen LogP) is 1.32. The van der Waals surface area contributed by atoms with Gasteiger partial charge in [-0.15, -0.1) is 0 Å². The van der Waals surface area contributed by atoms with E-state index < -0.39 is 0 Å². The highest BCUT2D eigenvalue weighted by Crippen LogP contribution is 2.20. The fourth-order valence-electron chi connectivity index (χ4n) is 1.78. The first-order valence-corrected chi connectivity index (χ1v) is 6.12. The molecule has 0 aromatic carbocycles. The lowest BCUT2D eigenvalue weighted by atomic mass is 10.2. The molecule has 0 radical (unpaired) electrons. The van der Waals surface area contributed by atoms with Crippen molar-refractivity contribution in [3.63, 3.8) is 0 Å². The van der Waals surface area contributed by atoms with E-state index in [1.165, 1.54) is 0 Å². The van der Waals surface area contributed by atoms with E-state index >= 15 is 0 Å². The van der Waals surface area contributed by atoms with Crippen molar-refractivity contribution < 1.29 is 0 Å². The molecule has 0 aliphatic heterocycles. The average Bonchev–Trinajstić information content (AvgIpc) is 2.51. The number of hydrogen-bond donors (Lipinski definition) is 2. The summed E-state index contributed by atoms with van der Waals surface area (Å²) in [6.07, 6.45) is 0. The second-order valence-corrected chi connectivity index (χ2v) is 5.20. The van der Waals surface area contributed by atoms with Gasteiger partial charge in [0.25, 0.3) is 0 Å². The molecule has 0 saturated heterocycles. The molecule has 1 aromatic rings. The summed E-state index contributed by atoms with van der Waals surface area (Å²) in [6, 6.07) is 0. The summed E-state index contributed by atoms with van der Waals surface area (Å²) >= 11 is 0. The molecule has 0 saturated carbocycles. The number of hydrogen-bond acceptors (Lipinski definition) is 4. The Morgan fingerprint density at radius 2 is 1.94 bits per heavy atom.